The fraction of sp³-hybridized carbons (Fsp3) is 0.667. The number of anilines is 1. The molecule has 0 unspecified atom stereocenters. The lowest BCUT2D eigenvalue weighted by molar-refractivity contribution is 0.0934. The lowest BCUT2D eigenvalue weighted by atomic mass is 9.74. The van der Waals surface area contributed by atoms with Crippen LogP contribution in [0.15, 0.2) is 17.7 Å². The SMILES string of the molecule is CC1CC(c2nc(C(=O)N[C@H](/C=C/S(C)(=O)=O)C3CC3)cnc2N2CC(C)C2)C1. The molecule has 3 fully saturated rings. The Hall–Kier alpha value is -1.96. The van der Waals surface area contributed by atoms with E-state index in [1.807, 2.05) is 0 Å². The number of sulfone groups is 1. The van der Waals surface area contributed by atoms with Gasteiger partial charge in [0.05, 0.1) is 17.9 Å². The Labute approximate surface area is 172 Å². The van der Waals surface area contributed by atoms with Gasteiger partial charge in [-0.3, -0.25) is 4.79 Å². The van der Waals surface area contributed by atoms with Gasteiger partial charge in [-0.1, -0.05) is 19.9 Å². The van der Waals surface area contributed by atoms with E-state index in [-0.39, 0.29) is 11.9 Å². The van der Waals surface area contributed by atoms with Gasteiger partial charge in [-0.2, -0.15) is 0 Å². The van der Waals surface area contributed by atoms with E-state index < -0.39 is 9.84 Å². The van der Waals surface area contributed by atoms with Gasteiger partial charge in [0.15, 0.2) is 15.7 Å². The van der Waals surface area contributed by atoms with Gasteiger partial charge in [0.25, 0.3) is 5.91 Å². The predicted octanol–water partition coefficient (Wildman–Crippen LogP) is 2.51. The third-order valence-electron chi connectivity index (χ3n) is 6.10. The largest absolute Gasteiger partial charge is 0.354 e. The average Bonchev–Trinajstić information content (AvgIpc) is 3.43. The van der Waals surface area contributed by atoms with Crippen molar-refractivity contribution >= 4 is 21.6 Å². The molecule has 0 radical (unpaired) electrons. The van der Waals surface area contributed by atoms with Crippen LogP contribution in [0.1, 0.15) is 61.6 Å². The third-order valence-corrected chi connectivity index (χ3v) is 6.75. The van der Waals surface area contributed by atoms with E-state index in [1.165, 1.54) is 5.41 Å². The highest BCUT2D eigenvalue weighted by Crippen LogP contribution is 2.44. The summed E-state index contributed by atoms with van der Waals surface area (Å²) in [5.41, 5.74) is 1.26. The zero-order chi connectivity index (χ0) is 20.8. The summed E-state index contributed by atoms with van der Waals surface area (Å²) in [6.45, 7) is 6.42. The van der Waals surface area contributed by atoms with Crippen LogP contribution in [-0.4, -0.2) is 49.7 Å². The van der Waals surface area contributed by atoms with Crippen LogP contribution >= 0.6 is 0 Å². The minimum Gasteiger partial charge on any atom is -0.354 e. The lowest BCUT2D eigenvalue weighted by Gasteiger charge is -2.41. The van der Waals surface area contributed by atoms with Gasteiger partial charge >= 0.3 is 0 Å². The molecule has 0 bridgehead atoms. The summed E-state index contributed by atoms with van der Waals surface area (Å²) >= 11 is 0. The number of rotatable bonds is 7. The number of carbonyl (C=O) groups excluding carboxylic acids is 1. The van der Waals surface area contributed by atoms with Crippen LogP contribution in [0.5, 0.6) is 0 Å². The summed E-state index contributed by atoms with van der Waals surface area (Å²) in [6.07, 6.45) is 8.44. The molecule has 158 valence electrons. The zero-order valence-corrected chi connectivity index (χ0v) is 18.2. The Morgan fingerprint density at radius 2 is 1.93 bits per heavy atom. The van der Waals surface area contributed by atoms with Crippen LogP contribution in [0.4, 0.5) is 5.82 Å². The highest BCUT2D eigenvalue weighted by molar-refractivity contribution is 7.93. The highest BCUT2D eigenvalue weighted by Gasteiger charge is 2.36. The second-order valence-corrected chi connectivity index (χ2v) is 11.2. The molecular formula is C21H30N4O3S. The van der Waals surface area contributed by atoms with Crippen LogP contribution in [0.2, 0.25) is 0 Å². The molecule has 8 heteroatoms. The summed E-state index contributed by atoms with van der Waals surface area (Å²) in [7, 11) is -3.23. The molecule has 1 N–H and O–H groups in total. The normalized spacial score (nSPS) is 26.1. The minimum absolute atomic E-state index is 0.287. The molecule has 7 nitrogen and oxygen atoms in total. The molecule has 1 atom stereocenters. The van der Waals surface area contributed by atoms with Gasteiger partial charge in [-0.25, -0.2) is 18.4 Å². The molecule has 4 rings (SSSR count). The van der Waals surface area contributed by atoms with E-state index >= 15 is 0 Å². The summed E-state index contributed by atoms with van der Waals surface area (Å²) in [5, 5.41) is 4.13. The number of hydrogen-bond acceptors (Lipinski definition) is 6. The van der Waals surface area contributed by atoms with Crippen LogP contribution < -0.4 is 10.2 Å². The van der Waals surface area contributed by atoms with E-state index in [0.29, 0.717) is 29.4 Å². The minimum atomic E-state index is -3.23. The first-order valence-electron chi connectivity index (χ1n) is 10.5. The monoisotopic (exact) mass is 418 g/mol. The molecule has 29 heavy (non-hydrogen) atoms. The Kier molecular flexibility index (Phi) is 5.40. The van der Waals surface area contributed by atoms with Crippen molar-refractivity contribution in [2.24, 2.45) is 17.8 Å². The lowest BCUT2D eigenvalue weighted by Crippen LogP contribution is -2.46. The van der Waals surface area contributed by atoms with E-state index in [9.17, 15) is 13.2 Å². The standard InChI is InChI=1S/C21H30N4O3S/c1-13-8-16(9-13)19-20(25-11-14(2)12-25)22-10-18(23-19)21(26)24-17(15-4-5-15)6-7-29(3,27)28/h6-7,10,13-17H,4-5,8-9,11-12H2,1-3H3,(H,24,26)/b7-6+/t13?,16?,17-/m1/s1. The zero-order valence-electron chi connectivity index (χ0n) is 17.3. The molecular weight excluding hydrogens is 388 g/mol. The number of aromatic nitrogens is 2. The quantitative estimate of drug-likeness (QED) is 0.731. The van der Waals surface area contributed by atoms with Gasteiger partial charge in [-0.15, -0.1) is 0 Å². The summed E-state index contributed by atoms with van der Waals surface area (Å²) in [6, 6.07) is -0.290. The van der Waals surface area contributed by atoms with Crippen molar-refractivity contribution in [1.82, 2.24) is 15.3 Å². The highest BCUT2D eigenvalue weighted by atomic mass is 32.2. The Morgan fingerprint density at radius 1 is 1.24 bits per heavy atom. The maximum absolute atomic E-state index is 12.9. The maximum Gasteiger partial charge on any atom is 0.271 e. The van der Waals surface area contributed by atoms with E-state index in [2.05, 4.69) is 29.0 Å². The fourth-order valence-corrected chi connectivity index (χ4v) is 4.71. The number of amides is 1. The Morgan fingerprint density at radius 3 is 2.48 bits per heavy atom. The Bertz CT molecular complexity index is 914. The predicted molar refractivity (Wildman–Crippen MR) is 113 cm³/mol. The van der Waals surface area contributed by atoms with E-state index in [0.717, 1.165) is 56.5 Å². The molecule has 0 aromatic carbocycles. The van der Waals surface area contributed by atoms with Crippen molar-refractivity contribution in [3.05, 3.63) is 29.1 Å². The maximum atomic E-state index is 12.9. The number of hydrogen-bond donors (Lipinski definition) is 1. The first-order chi connectivity index (χ1) is 13.7. The molecule has 2 heterocycles. The fourth-order valence-electron chi connectivity index (χ4n) is 4.25. The topological polar surface area (TPSA) is 92.3 Å². The summed E-state index contributed by atoms with van der Waals surface area (Å²) in [5.74, 6) is 2.63. The van der Waals surface area contributed by atoms with Gasteiger partial charge < -0.3 is 10.2 Å². The number of carbonyl (C=O) groups is 1. The Balaban J connectivity index is 1.53. The summed E-state index contributed by atoms with van der Waals surface area (Å²) < 4.78 is 22.9. The van der Waals surface area contributed by atoms with Crippen LogP contribution in [-0.2, 0) is 9.84 Å². The van der Waals surface area contributed by atoms with Gasteiger partial charge in [0.1, 0.15) is 5.69 Å². The van der Waals surface area contributed by atoms with E-state index in [4.69, 9.17) is 4.98 Å². The van der Waals surface area contributed by atoms with Gasteiger partial charge in [0.2, 0.25) is 0 Å². The molecule has 1 aromatic rings. The van der Waals surface area contributed by atoms with Crippen molar-refractivity contribution in [2.75, 3.05) is 24.2 Å². The molecule has 2 aliphatic carbocycles. The van der Waals surface area contributed by atoms with E-state index in [1.54, 1.807) is 12.3 Å². The first-order valence-corrected chi connectivity index (χ1v) is 12.5. The second-order valence-electron chi connectivity index (χ2n) is 9.24. The first kappa shape index (κ1) is 20.3. The van der Waals surface area contributed by atoms with Crippen LogP contribution in [0.25, 0.3) is 0 Å². The third kappa shape index (κ3) is 4.79. The number of nitrogens with one attached hydrogen (secondary N) is 1. The molecule has 1 aromatic heterocycles. The molecule has 1 aliphatic heterocycles. The van der Waals surface area contributed by atoms with Gasteiger partial charge in [-0.05, 0) is 43.4 Å². The molecule has 2 saturated carbocycles. The molecule has 1 amide bonds. The molecule has 0 spiro atoms. The van der Waals surface area contributed by atoms with Crippen molar-refractivity contribution in [3.8, 4) is 0 Å². The molecule has 1 saturated heterocycles. The van der Waals surface area contributed by atoms with Crippen molar-refractivity contribution < 1.29 is 13.2 Å². The smallest absolute Gasteiger partial charge is 0.271 e. The van der Waals surface area contributed by atoms with Gasteiger partial charge in [0, 0.05) is 30.7 Å². The van der Waals surface area contributed by atoms with Crippen LogP contribution in [0, 0.1) is 17.8 Å². The van der Waals surface area contributed by atoms with Crippen LogP contribution in [0.3, 0.4) is 0 Å². The average molecular weight is 419 g/mol. The van der Waals surface area contributed by atoms with Crippen molar-refractivity contribution in [1.29, 1.82) is 0 Å². The molecule has 3 aliphatic rings. The number of nitrogens with zero attached hydrogens (tertiary/aromatic N) is 3. The van der Waals surface area contributed by atoms with Crippen molar-refractivity contribution in [3.63, 3.8) is 0 Å². The van der Waals surface area contributed by atoms with Crippen molar-refractivity contribution in [2.45, 2.75) is 51.5 Å². The second kappa shape index (κ2) is 7.70. The summed E-state index contributed by atoms with van der Waals surface area (Å²) in [4.78, 5) is 24.5.